The first kappa shape index (κ1) is 13.7. The molecule has 0 aliphatic carbocycles. The number of carboxylic acid groups (broad SMARTS) is 1. The molecule has 100 valence electrons. The Hall–Kier alpha value is -1.72. The SMILES string of the molecule is COc1cc(Cl)ccc1-c1sc(C(=O)O)c(N)c1C. The lowest BCUT2D eigenvalue weighted by atomic mass is 10.1. The largest absolute Gasteiger partial charge is 0.496 e. The van der Waals surface area contributed by atoms with Crippen LogP contribution in [0.2, 0.25) is 5.02 Å². The Morgan fingerprint density at radius 1 is 1.47 bits per heavy atom. The Kier molecular flexibility index (Phi) is 3.68. The number of hydrogen-bond donors (Lipinski definition) is 2. The van der Waals surface area contributed by atoms with Crippen LogP contribution >= 0.6 is 22.9 Å². The summed E-state index contributed by atoms with van der Waals surface area (Å²) < 4.78 is 5.28. The predicted octanol–water partition coefficient (Wildman–Crippen LogP) is 3.67. The Balaban J connectivity index is 2.66. The van der Waals surface area contributed by atoms with Gasteiger partial charge in [-0.05, 0) is 30.7 Å². The van der Waals surface area contributed by atoms with Crippen LogP contribution in [0.15, 0.2) is 18.2 Å². The summed E-state index contributed by atoms with van der Waals surface area (Å²) in [7, 11) is 1.54. The van der Waals surface area contributed by atoms with Gasteiger partial charge in [-0.25, -0.2) is 4.79 Å². The summed E-state index contributed by atoms with van der Waals surface area (Å²) in [4.78, 5) is 12.0. The number of thiophene rings is 1. The zero-order valence-electron chi connectivity index (χ0n) is 10.4. The Bertz CT molecular complexity index is 652. The molecule has 0 aliphatic heterocycles. The molecule has 0 radical (unpaired) electrons. The molecular formula is C13H12ClNO3S. The van der Waals surface area contributed by atoms with Crippen LogP contribution in [0.3, 0.4) is 0 Å². The van der Waals surface area contributed by atoms with Gasteiger partial charge in [-0.3, -0.25) is 0 Å². The third-order valence-corrected chi connectivity index (χ3v) is 4.36. The first-order valence-electron chi connectivity index (χ1n) is 5.41. The smallest absolute Gasteiger partial charge is 0.348 e. The minimum absolute atomic E-state index is 0.143. The number of ether oxygens (including phenoxy) is 1. The molecule has 0 aliphatic rings. The zero-order chi connectivity index (χ0) is 14.2. The zero-order valence-corrected chi connectivity index (χ0v) is 11.9. The van der Waals surface area contributed by atoms with Crippen LogP contribution in [-0.4, -0.2) is 18.2 Å². The topological polar surface area (TPSA) is 72.5 Å². The maximum absolute atomic E-state index is 11.1. The van der Waals surface area contributed by atoms with E-state index in [4.69, 9.17) is 27.2 Å². The minimum Gasteiger partial charge on any atom is -0.496 e. The lowest BCUT2D eigenvalue weighted by Crippen LogP contribution is -1.97. The van der Waals surface area contributed by atoms with E-state index in [1.54, 1.807) is 32.2 Å². The molecule has 19 heavy (non-hydrogen) atoms. The monoisotopic (exact) mass is 297 g/mol. The molecule has 0 saturated carbocycles. The second-order valence-corrected chi connectivity index (χ2v) is 5.41. The van der Waals surface area contributed by atoms with Crippen LogP contribution in [0, 0.1) is 6.92 Å². The van der Waals surface area contributed by atoms with E-state index in [2.05, 4.69) is 0 Å². The number of aromatic carboxylic acids is 1. The molecule has 1 aromatic heterocycles. The highest BCUT2D eigenvalue weighted by atomic mass is 35.5. The molecule has 6 heteroatoms. The van der Waals surface area contributed by atoms with Gasteiger partial charge in [-0.1, -0.05) is 11.6 Å². The van der Waals surface area contributed by atoms with Crippen molar-refractivity contribution in [1.82, 2.24) is 0 Å². The number of methoxy groups -OCH3 is 1. The van der Waals surface area contributed by atoms with E-state index in [1.807, 2.05) is 0 Å². The number of carbonyl (C=O) groups is 1. The molecule has 2 aromatic rings. The lowest BCUT2D eigenvalue weighted by Gasteiger charge is -2.08. The molecule has 3 N–H and O–H groups in total. The fourth-order valence-electron chi connectivity index (χ4n) is 1.79. The summed E-state index contributed by atoms with van der Waals surface area (Å²) >= 11 is 7.05. The van der Waals surface area contributed by atoms with Crippen molar-refractivity contribution in [1.29, 1.82) is 0 Å². The van der Waals surface area contributed by atoms with Crippen LogP contribution in [0.25, 0.3) is 10.4 Å². The first-order chi connectivity index (χ1) is 8.95. The van der Waals surface area contributed by atoms with Gasteiger partial charge in [0.15, 0.2) is 0 Å². The van der Waals surface area contributed by atoms with E-state index < -0.39 is 5.97 Å². The maximum Gasteiger partial charge on any atom is 0.348 e. The third-order valence-electron chi connectivity index (χ3n) is 2.80. The second kappa shape index (κ2) is 5.11. The van der Waals surface area contributed by atoms with Crippen LogP contribution in [0.4, 0.5) is 5.69 Å². The molecular weight excluding hydrogens is 286 g/mol. The quantitative estimate of drug-likeness (QED) is 0.906. The summed E-state index contributed by atoms with van der Waals surface area (Å²) in [5, 5.41) is 9.66. The number of benzene rings is 1. The van der Waals surface area contributed by atoms with E-state index in [1.165, 1.54) is 0 Å². The van der Waals surface area contributed by atoms with Crippen molar-refractivity contribution in [3.05, 3.63) is 33.7 Å². The second-order valence-electron chi connectivity index (χ2n) is 3.95. The van der Waals surface area contributed by atoms with Gasteiger partial charge in [0.25, 0.3) is 0 Å². The van der Waals surface area contributed by atoms with E-state index in [-0.39, 0.29) is 4.88 Å². The van der Waals surface area contributed by atoms with Crippen molar-refractivity contribution >= 4 is 34.6 Å². The van der Waals surface area contributed by atoms with Crippen molar-refractivity contribution in [2.75, 3.05) is 12.8 Å². The third kappa shape index (κ3) is 2.39. The van der Waals surface area contributed by atoms with Crippen LogP contribution in [0.1, 0.15) is 15.2 Å². The molecule has 0 spiro atoms. The van der Waals surface area contributed by atoms with Crippen molar-refractivity contribution in [3.8, 4) is 16.2 Å². The summed E-state index contributed by atoms with van der Waals surface area (Å²) in [6.07, 6.45) is 0. The molecule has 0 amide bonds. The molecule has 0 saturated heterocycles. The fourth-order valence-corrected chi connectivity index (χ4v) is 3.05. The number of nitrogen functional groups attached to an aromatic ring is 1. The molecule has 0 atom stereocenters. The molecule has 0 unspecified atom stereocenters. The average Bonchev–Trinajstić information content (AvgIpc) is 2.66. The van der Waals surface area contributed by atoms with Gasteiger partial charge in [-0.2, -0.15) is 0 Å². The average molecular weight is 298 g/mol. The summed E-state index contributed by atoms with van der Waals surface area (Å²) in [6.45, 7) is 1.79. The highest BCUT2D eigenvalue weighted by molar-refractivity contribution is 7.18. The number of nitrogens with two attached hydrogens (primary N) is 1. The van der Waals surface area contributed by atoms with Gasteiger partial charge in [0.2, 0.25) is 0 Å². The lowest BCUT2D eigenvalue weighted by molar-refractivity contribution is 0.0703. The molecule has 1 heterocycles. The summed E-state index contributed by atoms with van der Waals surface area (Å²) in [5.74, 6) is -0.432. The Morgan fingerprint density at radius 3 is 2.68 bits per heavy atom. The van der Waals surface area contributed by atoms with E-state index in [9.17, 15) is 4.79 Å². The van der Waals surface area contributed by atoms with Crippen molar-refractivity contribution < 1.29 is 14.6 Å². The van der Waals surface area contributed by atoms with Gasteiger partial charge in [0.05, 0.1) is 12.8 Å². The van der Waals surface area contributed by atoms with E-state index >= 15 is 0 Å². The van der Waals surface area contributed by atoms with E-state index in [0.717, 1.165) is 27.3 Å². The van der Waals surface area contributed by atoms with Crippen molar-refractivity contribution in [2.45, 2.75) is 6.92 Å². The Morgan fingerprint density at radius 2 is 2.16 bits per heavy atom. The minimum atomic E-state index is -1.02. The van der Waals surface area contributed by atoms with Gasteiger partial charge in [0, 0.05) is 15.5 Å². The Labute approximate surface area is 119 Å². The van der Waals surface area contributed by atoms with Gasteiger partial charge < -0.3 is 15.6 Å². The number of carboxylic acids is 1. The molecule has 4 nitrogen and oxygen atoms in total. The normalized spacial score (nSPS) is 10.5. The number of rotatable bonds is 3. The van der Waals surface area contributed by atoms with Crippen LogP contribution < -0.4 is 10.5 Å². The number of anilines is 1. The van der Waals surface area contributed by atoms with Crippen LogP contribution in [0.5, 0.6) is 5.75 Å². The highest BCUT2D eigenvalue weighted by Gasteiger charge is 2.20. The fraction of sp³-hybridized carbons (Fsp3) is 0.154. The molecule has 1 aromatic carbocycles. The van der Waals surface area contributed by atoms with Gasteiger partial charge >= 0.3 is 5.97 Å². The van der Waals surface area contributed by atoms with Crippen LogP contribution in [-0.2, 0) is 0 Å². The molecule has 0 fully saturated rings. The highest BCUT2D eigenvalue weighted by Crippen LogP contribution is 2.42. The van der Waals surface area contributed by atoms with E-state index in [0.29, 0.717) is 16.5 Å². The van der Waals surface area contributed by atoms with Crippen molar-refractivity contribution in [2.24, 2.45) is 0 Å². The maximum atomic E-state index is 11.1. The predicted molar refractivity (Wildman–Crippen MR) is 77.4 cm³/mol. The molecule has 2 rings (SSSR count). The van der Waals surface area contributed by atoms with Crippen molar-refractivity contribution in [3.63, 3.8) is 0 Å². The standard InChI is InChI=1S/C13H12ClNO3S/c1-6-10(15)12(13(16)17)19-11(6)8-4-3-7(14)5-9(8)18-2/h3-5H,15H2,1-2H3,(H,16,17). The summed E-state index contributed by atoms with van der Waals surface area (Å²) in [5.41, 5.74) is 7.65. The molecule has 0 bridgehead atoms. The number of halogens is 1. The number of hydrogen-bond acceptors (Lipinski definition) is 4. The van der Waals surface area contributed by atoms with Gasteiger partial charge in [0.1, 0.15) is 10.6 Å². The first-order valence-corrected chi connectivity index (χ1v) is 6.61. The summed E-state index contributed by atoms with van der Waals surface area (Å²) in [6, 6.07) is 5.22. The van der Waals surface area contributed by atoms with Gasteiger partial charge in [-0.15, -0.1) is 11.3 Å².